The monoisotopic (exact) mass is 256 g/mol. The second-order valence-corrected chi connectivity index (χ2v) is 6.69. The molecule has 0 heterocycles. The summed E-state index contributed by atoms with van der Waals surface area (Å²) >= 11 is 0. The van der Waals surface area contributed by atoms with Gasteiger partial charge in [-0.15, -0.1) is 0 Å². The maximum atomic E-state index is 4.42. The van der Waals surface area contributed by atoms with Gasteiger partial charge in [0.2, 0.25) is 0 Å². The van der Waals surface area contributed by atoms with E-state index in [-0.39, 0.29) is 0 Å². The first-order valence-electron chi connectivity index (χ1n) is 6.85. The van der Waals surface area contributed by atoms with E-state index in [0.29, 0.717) is 0 Å². The van der Waals surface area contributed by atoms with Crippen molar-refractivity contribution in [2.45, 2.75) is 25.7 Å². The van der Waals surface area contributed by atoms with E-state index in [4.69, 9.17) is 0 Å². The molecule has 18 heavy (non-hydrogen) atoms. The Hall–Kier alpha value is -0.740. The predicted molar refractivity (Wildman–Crippen MR) is 81.3 cm³/mol. The first-order valence-corrected chi connectivity index (χ1v) is 6.85. The fourth-order valence-corrected chi connectivity index (χ4v) is 1.37. The number of hydrogen-bond donors (Lipinski definition) is 0. The van der Waals surface area contributed by atoms with Gasteiger partial charge in [0.05, 0.1) is 42.3 Å². The molecule has 0 atom stereocenters. The molecule has 0 aromatic rings. The summed E-state index contributed by atoms with van der Waals surface area (Å²) in [6.45, 7) is 1.91. The highest BCUT2D eigenvalue weighted by molar-refractivity contribution is 5.45. The fraction of sp³-hybridized carbons (Fsp3) is 0.857. The summed E-state index contributed by atoms with van der Waals surface area (Å²) in [5.74, 6) is 0. The Morgan fingerprint density at radius 3 is 1.22 bits per heavy atom. The van der Waals surface area contributed by atoms with E-state index in [1.807, 2.05) is 12.7 Å². The van der Waals surface area contributed by atoms with Crippen LogP contribution in [0.5, 0.6) is 0 Å². The first-order chi connectivity index (χ1) is 8.21. The van der Waals surface area contributed by atoms with Crippen molar-refractivity contribution in [2.24, 2.45) is 9.98 Å². The number of aliphatic imine (C=N–C) groups is 2. The van der Waals surface area contributed by atoms with Crippen LogP contribution in [0.2, 0.25) is 0 Å². The second-order valence-electron chi connectivity index (χ2n) is 6.69. The number of unbranched alkanes of at least 4 members (excludes halogenated alkanes) is 3. The topological polar surface area (TPSA) is 24.7 Å². The third-order valence-electron chi connectivity index (χ3n) is 2.18. The van der Waals surface area contributed by atoms with Crippen LogP contribution in [-0.4, -0.2) is 77.0 Å². The van der Waals surface area contributed by atoms with Crippen molar-refractivity contribution in [3.8, 4) is 0 Å². The Morgan fingerprint density at radius 2 is 0.944 bits per heavy atom. The van der Waals surface area contributed by atoms with Crippen LogP contribution in [0, 0.1) is 0 Å². The lowest BCUT2D eigenvalue weighted by molar-refractivity contribution is -0.769. The third-order valence-corrected chi connectivity index (χ3v) is 2.18. The van der Waals surface area contributed by atoms with Crippen LogP contribution >= 0.6 is 0 Å². The zero-order valence-corrected chi connectivity index (χ0v) is 13.2. The molecule has 0 saturated carbocycles. The Labute approximate surface area is 113 Å². The van der Waals surface area contributed by atoms with E-state index in [0.717, 1.165) is 22.1 Å². The van der Waals surface area contributed by atoms with Gasteiger partial charge in [-0.2, -0.15) is 0 Å². The first kappa shape index (κ1) is 17.3. The van der Waals surface area contributed by atoms with E-state index < -0.39 is 0 Å². The molecule has 4 nitrogen and oxygen atoms in total. The highest BCUT2D eigenvalue weighted by atomic mass is 15.3. The Kier molecular flexibility index (Phi) is 8.03. The lowest BCUT2D eigenvalue weighted by Crippen LogP contribution is -2.32. The van der Waals surface area contributed by atoms with Gasteiger partial charge in [-0.05, 0) is 12.8 Å². The van der Waals surface area contributed by atoms with Crippen molar-refractivity contribution in [1.29, 1.82) is 0 Å². The second kappa shape index (κ2) is 8.38. The summed E-state index contributed by atoms with van der Waals surface area (Å²) in [5, 5.41) is 0. The quantitative estimate of drug-likeness (QED) is 0.261. The van der Waals surface area contributed by atoms with Crippen LogP contribution in [0.3, 0.4) is 0 Å². The van der Waals surface area contributed by atoms with Crippen molar-refractivity contribution < 1.29 is 8.97 Å². The molecule has 0 aromatic carbocycles. The molecule has 0 bridgehead atoms. The maximum Gasteiger partial charge on any atom is 0.184 e. The van der Waals surface area contributed by atoms with Crippen LogP contribution in [0.25, 0.3) is 0 Å². The van der Waals surface area contributed by atoms with Gasteiger partial charge >= 0.3 is 0 Å². The van der Waals surface area contributed by atoms with Gasteiger partial charge in [-0.3, -0.25) is 8.97 Å². The number of hydrogen-bond acceptors (Lipinski definition) is 2. The van der Waals surface area contributed by atoms with Crippen molar-refractivity contribution >= 4 is 12.7 Å². The normalized spacial score (nSPS) is 13.9. The van der Waals surface area contributed by atoms with E-state index in [2.05, 4.69) is 52.3 Å². The molecule has 0 fully saturated rings. The summed E-state index contributed by atoms with van der Waals surface area (Å²) in [5.41, 5.74) is 0. The summed E-state index contributed by atoms with van der Waals surface area (Å²) in [6, 6.07) is 0. The molecule has 0 aliphatic carbocycles. The van der Waals surface area contributed by atoms with Crippen molar-refractivity contribution in [1.82, 2.24) is 0 Å². The van der Waals surface area contributed by atoms with Gasteiger partial charge < -0.3 is 0 Å². The highest BCUT2D eigenvalue weighted by Gasteiger charge is 2.00. The molecule has 0 radical (unpaired) electrons. The van der Waals surface area contributed by atoms with Crippen LogP contribution in [-0.2, 0) is 0 Å². The van der Waals surface area contributed by atoms with Crippen molar-refractivity contribution in [3.63, 3.8) is 0 Å². The molecule has 0 N–H and O–H groups in total. The molecule has 106 valence electrons. The maximum absolute atomic E-state index is 4.42. The predicted octanol–water partition coefficient (Wildman–Crippen LogP) is 2.02. The van der Waals surface area contributed by atoms with Crippen molar-refractivity contribution in [2.75, 3.05) is 55.4 Å². The molecular weight excluding hydrogens is 224 g/mol. The summed E-state index contributed by atoms with van der Waals surface area (Å²) in [4.78, 5) is 8.85. The standard InChI is InChI=1S/C14H32N4/c1-17(2,3)13-15-11-9-7-8-10-12-16-14-18(4,5)6/h13-14H,7-12H2,1-6H3/q+2. The van der Waals surface area contributed by atoms with Crippen LogP contribution in [0.15, 0.2) is 9.98 Å². The number of nitrogens with zero attached hydrogens (tertiary/aromatic N) is 4. The van der Waals surface area contributed by atoms with Gasteiger partial charge in [0.25, 0.3) is 0 Å². The van der Waals surface area contributed by atoms with E-state index in [9.17, 15) is 0 Å². The summed E-state index contributed by atoms with van der Waals surface area (Å²) in [6.07, 6.45) is 8.91. The van der Waals surface area contributed by atoms with Crippen LogP contribution in [0.1, 0.15) is 25.7 Å². The fourth-order valence-electron chi connectivity index (χ4n) is 1.37. The Morgan fingerprint density at radius 1 is 0.611 bits per heavy atom. The van der Waals surface area contributed by atoms with E-state index in [1.54, 1.807) is 0 Å². The highest BCUT2D eigenvalue weighted by Crippen LogP contribution is 2.00. The van der Waals surface area contributed by atoms with Crippen molar-refractivity contribution in [3.05, 3.63) is 0 Å². The van der Waals surface area contributed by atoms with Gasteiger partial charge in [-0.25, -0.2) is 9.98 Å². The zero-order valence-electron chi connectivity index (χ0n) is 13.2. The van der Waals surface area contributed by atoms with E-state index in [1.165, 1.54) is 25.7 Å². The molecule has 0 aromatic heterocycles. The molecule has 4 heteroatoms. The molecule has 0 amide bonds. The SMILES string of the molecule is C[N+](C)(C)C=NCCCCCCN=C[N+](C)(C)C. The minimum absolute atomic E-state index is 0.805. The molecular formula is C14H32N4+2. The summed E-state index contributed by atoms with van der Waals surface area (Å²) < 4.78 is 1.61. The smallest absolute Gasteiger partial charge is 0.184 e. The summed E-state index contributed by atoms with van der Waals surface area (Å²) in [7, 11) is 12.7. The van der Waals surface area contributed by atoms with Gasteiger partial charge in [-0.1, -0.05) is 12.8 Å². The average Bonchev–Trinajstić information content (AvgIpc) is 2.17. The van der Waals surface area contributed by atoms with Crippen LogP contribution < -0.4 is 0 Å². The Bertz CT molecular complexity index is 228. The minimum Gasteiger partial charge on any atom is -0.289 e. The number of rotatable bonds is 9. The van der Waals surface area contributed by atoms with Gasteiger partial charge in [0, 0.05) is 13.1 Å². The van der Waals surface area contributed by atoms with Gasteiger partial charge in [0.1, 0.15) is 0 Å². The molecule has 0 spiro atoms. The molecule has 0 aliphatic rings. The lowest BCUT2D eigenvalue weighted by Gasteiger charge is -2.15. The molecule has 0 rings (SSSR count). The minimum atomic E-state index is 0.805. The molecule has 0 saturated heterocycles. The average molecular weight is 256 g/mol. The lowest BCUT2D eigenvalue weighted by atomic mass is 10.2. The molecule has 0 aliphatic heterocycles. The zero-order chi connectivity index (χ0) is 14.1. The van der Waals surface area contributed by atoms with Crippen LogP contribution in [0.4, 0.5) is 0 Å². The third kappa shape index (κ3) is 15.3. The Balaban J connectivity index is 3.37. The largest absolute Gasteiger partial charge is 0.289 e. The van der Waals surface area contributed by atoms with Gasteiger partial charge in [0.15, 0.2) is 12.7 Å². The molecule has 0 unspecified atom stereocenters. The number of quaternary nitrogens is 2. The van der Waals surface area contributed by atoms with E-state index >= 15 is 0 Å².